The lowest BCUT2D eigenvalue weighted by molar-refractivity contribution is -0.119. The molecule has 0 aliphatic rings. The number of rotatable bonds is 8. The molecule has 0 atom stereocenters. The first-order valence-corrected chi connectivity index (χ1v) is 11.8. The van der Waals surface area contributed by atoms with Crippen LogP contribution in [0.15, 0.2) is 77.7 Å². The number of nitrogens with zero attached hydrogens (tertiary/aromatic N) is 1. The van der Waals surface area contributed by atoms with Crippen molar-refractivity contribution >= 4 is 44.8 Å². The Balaban J connectivity index is 1.77. The molecule has 0 bridgehead atoms. The van der Waals surface area contributed by atoms with Crippen LogP contribution in [0.5, 0.6) is 0 Å². The number of nitrogens with one attached hydrogen (secondary N) is 1. The Morgan fingerprint density at radius 1 is 0.935 bits per heavy atom. The quantitative estimate of drug-likeness (QED) is 0.504. The van der Waals surface area contributed by atoms with Gasteiger partial charge in [0.25, 0.3) is 10.0 Å². The fraction of sp³-hybridized carbons (Fsp3) is 0.174. The minimum Gasteiger partial charge on any atom is -0.354 e. The maximum Gasteiger partial charge on any atom is 0.264 e. The summed E-state index contributed by atoms with van der Waals surface area (Å²) in [4.78, 5) is 12.7. The van der Waals surface area contributed by atoms with Gasteiger partial charge >= 0.3 is 0 Å². The van der Waals surface area contributed by atoms with Crippen LogP contribution in [0.4, 0.5) is 5.69 Å². The van der Waals surface area contributed by atoms with Crippen LogP contribution >= 0.6 is 23.2 Å². The minimum atomic E-state index is -3.97. The molecule has 3 aromatic carbocycles. The van der Waals surface area contributed by atoms with Crippen LogP contribution in [-0.4, -0.2) is 27.4 Å². The molecular weight excluding hydrogens is 455 g/mol. The second-order valence-corrected chi connectivity index (χ2v) is 9.77. The van der Waals surface area contributed by atoms with Gasteiger partial charge in [0.1, 0.15) is 6.54 Å². The van der Waals surface area contributed by atoms with Crippen LogP contribution in [0.25, 0.3) is 0 Å². The van der Waals surface area contributed by atoms with Gasteiger partial charge < -0.3 is 5.32 Å². The number of hydrogen-bond donors (Lipinski definition) is 1. The topological polar surface area (TPSA) is 66.5 Å². The molecule has 0 aliphatic heterocycles. The first-order chi connectivity index (χ1) is 14.8. The Bertz CT molecular complexity index is 1150. The molecule has 0 aromatic heterocycles. The third kappa shape index (κ3) is 6.23. The zero-order chi connectivity index (χ0) is 22.4. The number of sulfonamides is 1. The van der Waals surface area contributed by atoms with E-state index in [9.17, 15) is 13.2 Å². The first kappa shape index (κ1) is 23.1. The van der Waals surface area contributed by atoms with Crippen LogP contribution in [0.2, 0.25) is 10.0 Å². The van der Waals surface area contributed by atoms with Gasteiger partial charge in [0.2, 0.25) is 5.91 Å². The molecule has 5 nitrogen and oxygen atoms in total. The molecule has 3 aromatic rings. The zero-order valence-electron chi connectivity index (χ0n) is 16.9. The molecular formula is C23H22Cl2N2O3S. The van der Waals surface area contributed by atoms with Crippen LogP contribution < -0.4 is 9.62 Å². The normalized spacial score (nSPS) is 11.2. The number of benzene rings is 3. The highest BCUT2D eigenvalue weighted by Gasteiger charge is 2.27. The standard InChI is InChI=1S/C23H22Cl2N2O3S/c1-17-3-2-4-21(15-17)27(31(29,30)22-11-9-20(25)10-12-22)16-23(28)26-14-13-18-5-7-19(24)8-6-18/h2-12,15H,13-14,16H2,1H3,(H,26,28). The van der Waals surface area contributed by atoms with Gasteiger partial charge in [-0.15, -0.1) is 0 Å². The number of halogens is 2. The molecule has 1 amide bonds. The Morgan fingerprint density at radius 2 is 1.55 bits per heavy atom. The smallest absolute Gasteiger partial charge is 0.264 e. The molecule has 3 rings (SSSR count). The fourth-order valence-corrected chi connectivity index (χ4v) is 4.68. The van der Waals surface area contributed by atoms with E-state index in [0.29, 0.717) is 28.7 Å². The van der Waals surface area contributed by atoms with Crippen molar-refractivity contribution < 1.29 is 13.2 Å². The molecule has 0 fully saturated rings. The molecule has 0 saturated heterocycles. The Hall–Kier alpha value is -2.54. The molecule has 8 heteroatoms. The lowest BCUT2D eigenvalue weighted by atomic mass is 10.1. The average Bonchev–Trinajstić information content (AvgIpc) is 2.73. The van der Waals surface area contributed by atoms with E-state index in [1.807, 2.05) is 25.1 Å². The average molecular weight is 477 g/mol. The summed E-state index contributed by atoms with van der Waals surface area (Å²) in [6, 6.07) is 20.2. The van der Waals surface area contributed by atoms with Crippen LogP contribution in [0, 0.1) is 6.92 Å². The van der Waals surface area contributed by atoms with E-state index in [4.69, 9.17) is 23.2 Å². The van der Waals surface area contributed by atoms with Crippen LogP contribution in [-0.2, 0) is 21.2 Å². The van der Waals surface area contributed by atoms with Crippen molar-refractivity contribution in [1.29, 1.82) is 0 Å². The fourth-order valence-electron chi connectivity index (χ4n) is 3.02. The van der Waals surface area contributed by atoms with Crippen molar-refractivity contribution in [2.75, 3.05) is 17.4 Å². The van der Waals surface area contributed by atoms with Gasteiger partial charge in [-0.1, -0.05) is 47.5 Å². The van der Waals surface area contributed by atoms with Crippen molar-refractivity contribution in [1.82, 2.24) is 5.32 Å². The molecule has 31 heavy (non-hydrogen) atoms. The summed E-state index contributed by atoms with van der Waals surface area (Å²) in [7, 11) is -3.97. The van der Waals surface area contributed by atoms with Gasteiger partial charge in [-0.2, -0.15) is 0 Å². The number of amides is 1. The minimum absolute atomic E-state index is 0.0624. The predicted molar refractivity (Wildman–Crippen MR) is 125 cm³/mol. The lowest BCUT2D eigenvalue weighted by Crippen LogP contribution is -2.41. The van der Waals surface area contributed by atoms with Gasteiger partial charge in [0.15, 0.2) is 0 Å². The third-order valence-corrected chi connectivity index (χ3v) is 6.92. The van der Waals surface area contributed by atoms with Crippen molar-refractivity contribution in [2.45, 2.75) is 18.2 Å². The van der Waals surface area contributed by atoms with Crippen molar-refractivity contribution in [3.05, 3.63) is 94.0 Å². The highest BCUT2D eigenvalue weighted by molar-refractivity contribution is 7.92. The van der Waals surface area contributed by atoms with Crippen LogP contribution in [0.1, 0.15) is 11.1 Å². The predicted octanol–water partition coefficient (Wildman–Crippen LogP) is 4.86. The van der Waals surface area contributed by atoms with Gasteiger partial charge in [0.05, 0.1) is 10.6 Å². The second-order valence-electron chi connectivity index (χ2n) is 7.03. The monoisotopic (exact) mass is 476 g/mol. The first-order valence-electron chi connectivity index (χ1n) is 9.62. The van der Waals surface area contributed by atoms with Crippen LogP contribution in [0.3, 0.4) is 0 Å². The number of aryl methyl sites for hydroxylation is 1. The molecule has 162 valence electrons. The van der Waals surface area contributed by atoms with E-state index < -0.39 is 15.9 Å². The highest BCUT2D eigenvalue weighted by Crippen LogP contribution is 2.25. The second kappa shape index (κ2) is 10.2. The van der Waals surface area contributed by atoms with Crippen molar-refractivity contribution in [3.8, 4) is 0 Å². The highest BCUT2D eigenvalue weighted by atomic mass is 35.5. The Labute approximate surface area is 192 Å². The number of carbonyl (C=O) groups is 1. The van der Waals surface area contributed by atoms with Crippen molar-refractivity contribution in [3.63, 3.8) is 0 Å². The third-order valence-electron chi connectivity index (χ3n) is 4.63. The van der Waals surface area contributed by atoms with Gasteiger partial charge in [0, 0.05) is 16.6 Å². The molecule has 0 unspecified atom stereocenters. The maximum atomic E-state index is 13.3. The van der Waals surface area contributed by atoms with E-state index in [-0.39, 0.29) is 11.4 Å². The van der Waals surface area contributed by atoms with E-state index in [1.165, 1.54) is 24.3 Å². The molecule has 1 N–H and O–H groups in total. The summed E-state index contributed by atoms with van der Waals surface area (Å²) in [6.07, 6.45) is 0.608. The van der Waals surface area contributed by atoms with E-state index >= 15 is 0 Å². The Kier molecular flexibility index (Phi) is 7.59. The number of hydrogen-bond acceptors (Lipinski definition) is 3. The summed E-state index contributed by atoms with van der Waals surface area (Å²) >= 11 is 11.8. The summed E-state index contributed by atoms with van der Waals surface area (Å²) in [5, 5.41) is 3.87. The summed E-state index contributed by atoms with van der Waals surface area (Å²) in [5.41, 5.74) is 2.33. The lowest BCUT2D eigenvalue weighted by Gasteiger charge is -2.24. The number of anilines is 1. The molecule has 0 aliphatic carbocycles. The summed E-state index contributed by atoms with van der Waals surface area (Å²) in [6.45, 7) is 1.90. The van der Waals surface area contributed by atoms with Gasteiger partial charge in [-0.25, -0.2) is 8.42 Å². The molecule has 0 radical (unpaired) electrons. The van der Waals surface area contributed by atoms with E-state index in [0.717, 1.165) is 15.4 Å². The largest absolute Gasteiger partial charge is 0.354 e. The van der Waals surface area contributed by atoms with Gasteiger partial charge in [-0.05, 0) is 73.0 Å². The Morgan fingerprint density at radius 3 is 2.16 bits per heavy atom. The van der Waals surface area contributed by atoms with E-state index in [2.05, 4.69) is 5.32 Å². The molecule has 0 saturated carbocycles. The van der Waals surface area contributed by atoms with Crippen molar-refractivity contribution in [2.24, 2.45) is 0 Å². The zero-order valence-corrected chi connectivity index (χ0v) is 19.2. The van der Waals surface area contributed by atoms with E-state index in [1.54, 1.807) is 30.3 Å². The summed E-state index contributed by atoms with van der Waals surface area (Å²) in [5.74, 6) is -0.395. The summed E-state index contributed by atoms with van der Waals surface area (Å²) < 4.78 is 27.7. The van der Waals surface area contributed by atoms with Gasteiger partial charge in [-0.3, -0.25) is 9.10 Å². The SMILES string of the molecule is Cc1cccc(N(CC(=O)NCCc2ccc(Cl)cc2)S(=O)(=O)c2ccc(Cl)cc2)c1. The maximum absolute atomic E-state index is 13.3. The molecule has 0 heterocycles. The number of carbonyl (C=O) groups excluding carboxylic acids is 1. The molecule has 0 spiro atoms.